The molecule has 2 N–H and O–H groups in total. The second-order valence-corrected chi connectivity index (χ2v) is 5.47. The molecule has 3 heteroatoms. The molecule has 1 unspecified atom stereocenters. The standard InChI is InChI=1S/C9H21NOSi/c11-7-1-3-9-4-2-8-12-10-6-5-9/h9-11H,1-8,12H2. The Kier molecular flexibility index (Phi) is 5.65. The summed E-state index contributed by atoms with van der Waals surface area (Å²) in [6.45, 7) is 1.61. The lowest BCUT2D eigenvalue weighted by Gasteiger charge is -2.19. The predicted octanol–water partition coefficient (Wildman–Crippen LogP) is 0.651. The highest BCUT2D eigenvalue weighted by Crippen LogP contribution is 2.19. The lowest BCUT2D eigenvalue weighted by Crippen LogP contribution is -2.24. The first kappa shape index (κ1) is 10.2. The molecule has 0 radical (unpaired) electrons. The smallest absolute Gasteiger partial charge is 0.0916 e. The van der Waals surface area contributed by atoms with Crippen LogP contribution in [0.4, 0.5) is 0 Å². The van der Waals surface area contributed by atoms with Crippen LogP contribution in [0.2, 0.25) is 6.04 Å². The monoisotopic (exact) mass is 187 g/mol. The minimum absolute atomic E-state index is 0.110. The summed E-state index contributed by atoms with van der Waals surface area (Å²) < 4.78 is 0. The fourth-order valence-corrected chi connectivity index (χ4v) is 3.17. The van der Waals surface area contributed by atoms with E-state index in [1.165, 1.54) is 38.3 Å². The predicted molar refractivity (Wildman–Crippen MR) is 55.0 cm³/mol. The van der Waals surface area contributed by atoms with Gasteiger partial charge < -0.3 is 10.1 Å². The molecular formula is C9H21NOSi. The van der Waals surface area contributed by atoms with Gasteiger partial charge >= 0.3 is 0 Å². The van der Waals surface area contributed by atoms with Crippen molar-refractivity contribution in [2.24, 2.45) is 5.92 Å². The Morgan fingerprint density at radius 1 is 1.42 bits per heavy atom. The molecule has 1 aliphatic rings. The molecule has 0 aromatic heterocycles. The van der Waals surface area contributed by atoms with Gasteiger partial charge in [0.25, 0.3) is 0 Å². The lowest BCUT2D eigenvalue weighted by molar-refractivity contribution is 0.264. The van der Waals surface area contributed by atoms with Gasteiger partial charge in [0.1, 0.15) is 0 Å². The summed E-state index contributed by atoms with van der Waals surface area (Å²) in [7, 11) is 0.110. The van der Waals surface area contributed by atoms with Gasteiger partial charge in [0.2, 0.25) is 0 Å². The Hall–Kier alpha value is 0.137. The van der Waals surface area contributed by atoms with E-state index in [9.17, 15) is 0 Å². The Bertz CT molecular complexity index is 99.9. The third kappa shape index (κ3) is 4.23. The molecule has 1 fully saturated rings. The van der Waals surface area contributed by atoms with Crippen molar-refractivity contribution < 1.29 is 5.11 Å². The van der Waals surface area contributed by atoms with Crippen molar-refractivity contribution in [3.63, 3.8) is 0 Å². The van der Waals surface area contributed by atoms with Crippen LogP contribution in [0.3, 0.4) is 0 Å². The van der Waals surface area contributed by atoms with Crippen molar-refractivity contribution in [3.05, 3.63) is 0 Å². The van der Waals surface area contributed by atoms with E-state index in [1.807, 2.05) is 0 Å². The molecule has 12 heavy (non-hydrogen) atoms. The maximum absolute atomic E-state index is 8.71. The summed E-state index contributed by atoms with van der Waals surface area (Å²) in [5.74, 6) is 0.888. The van der Waals surface area contributed by atoms with Gasteiger partial charge in [-0.2, -0.15) is 0 Å². The number of aliphatic hydroxyl groups excluding tert-OH is 1. The third-order valence-corrected chi connectivity index (χ3v) is 4.28. The highest BCUT2D eigenvalue weighted by atomic mass is 28.2. The first-order valence-corrected chi connectivity index (χ1v) is 6.96. The van der Waals surface area contributed by atoms with Gasteiger partial charge in [-0.25, -0.2) is 0 Å². The van der Waals surface area contributed by atoms with Crippen molar-refractivity contribution in [1.29, 1.82) is 0 Å². The molecule has 1 atom stereocenters. The van der Waals surface area contributed by atoms with Gasteiger partial charge in [-0.3, -0.25) is 0 Å². The Morgan fingerprint density at radius 2 is 2.33 bits per heavy atom. The normalized spacial score (nSPS) is 28.2. The zero-order valence-corrected chi connectivity index (χ0v) is 9.30. The van der Waals surface area contributed by atoms with Gasteiger partial charge in [-0.05, 0) is 37.8 Å². The van der Waals surface area contributed by atoms with Crippen LogP contribution in [0.1, 0.15) is 32.1 Å². The topological polar surface area (TPSA) is 32.3 Å². The van der Waals surface area contributed by atoms with E-state index in [4.69, 9.17) is 5.11 Å². The van der Waals surface area contributed by atoms with E-state index < -0.39 is 0 Å². The quantitative estimate of drug-likeness (QED) is 0.636. The van der Waals surface area contributed by atoms with Crippen molar-refractivity contribution in [2.45, 2.75) is 38.1 Å². The molecule has 0 aromatic carbocycles. The number of aliphatic hydroxyl groups is 1. The summed E-state index contributed by atoms with van der Waals surface area (Å²) in [6, 6.07) is 1.47. The minimum Gasteiger partial charge on any atom is -0.396 e. The number of hydrogen-bond acceptors (Lipinski definition) is 2. The van der Waals surface area contributed by atoms with Crippen LogP contribution in [-0.4, -0.2) is 27.9 Å². The molecule has 0 spiro atoms. The van der Waals surface area contributed by atoms with Crippen molar-refractivity contribution in [3.8, 4) is 0 Å². The SMILES string of the molecule is OCCCC1CCC[SiH2]NCC1. The van der Waals surface area contributed by atoms with E-state index in [2.05, 4.69) is 4.98 Å². The first-order valence-electron chi connectivity index (χ1n) is 5.25. The Morgan fingerprint density at radius 3 is 3.17 bits per heavy atom. The highest BCUT2D eigenvalue weighted by Gasteiger charge is 2.09. The summed E-state index contributed by atoms with van der Waals surface area (Å²) in [5, 5.41) is 8.71. The number of rotatable bonds is 3. The van der Waals surface area contributed by atoms with Crippen LogP contribution in [0.15, 0.2) is 0 Å². The highest BCUT2D eigenvalue weighted by molar-refractivity contribution is 6.32. The zero-order valence-electron chi connectivity index (χ0n) is 7.89. The first-order chi connectivity index (χ1) is 5.93. The third-order valence-electron chi connectivity index (χ3n) is 2.72. The van der Waals surface area contributed by atoms with Crippen molar-refractivity contribution >= 4 is 9.68 Å². The van der Waals surface area contributed by atoms with Crippen LogP contribution in [0.5, 0.6) is 0 Å². The van der Waals surface area contributed by atoms with E-state index in [0.29, 0.717) is 6.61 Å². The summed E-state index contributed by atoms with van der Waals surface area (Å²) >= 11 is 0. The molecule has 0 aliphatic carbocycles. The fourth-order valence-electron chi connectivity index (χ4n) is 1.93. The average molecular weight is 187 g/mol. The molecule has 0 bridgehead atoms. The average Bonchev–Trinajstić information content (AvgIpc) is 2.02. The second kappa shape index (κ2) is 6.63. The summed E-state index contributed by atoms with van der Waals surface area (Å²) in [4.78, 5) is 3.57. The molecule has 1 saturated heterocycles. The van der Waals surface area contributed by atoms with Crippen LogP contribution in [-0.2, 0) is 0 Å². The maximum atomic E-state index is 8.71. The van der Waals surface area contributed by atoms with Gasteiger partial charge in [-0.15, -0.1) is 0 Å². The molecule has 0 amide bonds. The van der Waals surface area contributed by atoms with Gasteiger partial charge in [0.15, 0.2) is 0 Å². The van der Waals surface area contributed by atoms with Crippen LogP contribution in [0.25, 0.3) is 0 Å². The van der Waals surface area contributed by atoms with Crippen molar-refractivity contribution in [2.75, 3.05) is 13.2 Å². The minimum atomic E-state index is 0.110. The molecule has 0 saturated carbocycles. The molecule has 1 rings (SSSR count). The zero-order chi connectivity index (χ0) is 8.65. The van der Waals surface area contributed by atoms with E-state index in [-0.39, 0.29) is 9.68 Å². The summed E-state index contributed by atoms with van der Waals surface area (Å²) in [6.07, 6.45) is 6.42. The molecule has 1 heterocycles. The van der Waals surface area contributed by atoms with Gasteiger partial charge in [-0.1, -0.05) is 12.8 Å². The van der Waals surface area contributed by atoms with Gasteiger partial charge in [0, 0.05) is 6.61 Å². The maximum Gasteiger partial charge on any atom is 0.0916 e. The van der Waals surface area contributed by atoms with Crippen molar-refractivity contribution in [1.82, 2.24) is 4.98 Å². The van der Waals surface area contributed by atoms with Crippen LogP contribution >= 0.6 is 0 Å². The molecule has 72 valence electrons. The Labute approximate surface area is 77.7 Å². The lowest BCUT2D eigenvalue weighted by atomic mass is 9.95. The van der Waals surface area contributed by atoms with Crippen LogP contribution < -0.4 is 4.98 Å². The fraction of sp³-hybridized carbons (Fsp3) is 1.00. The molecular weight excluding hydrogens is 166 g/mol. The summed E-state index contributed by atoms with van der Waals surface area (Å²) in [5.41, 5.74) is 0. The van der Waals surface area contributed by atoms with E-state index in [1.54, 1.807) is 0 Å². The second-order valence-electron chi connectivity index (χ2n) is 3.77. The molecule has 2 nitrogen and oxygen atoms in total. The Balaban J connectivity index is 2.11. The number of nitrogens with one attached hydrogen (secondary N) is 1. The van der Waals surface area contributed by atoms with E-state index >= 15 is 0 Å². The molecule has 1 aliphatic heterocycles. The molecule has 0 aromatic rings. The van der Waals surface area contributed by atoms with Gasteiger partial charge in [0.05, 0.1) is 9.68 Å². The van der Waals surface area contributed by atoms with Crippen LogP contribution in [0, 0.1) is 5.92 Å². The number of hydrogen-bond donors (Lipinski definition) is 2. The van der Waals surface area contributed by atoms with E-state index in [0.717, 1.165) is 12.3 Å². The largest absolute Gasteiger partial charge is 0.396 e.